The Balaban J connectivity index is 0.00000128. The molecule has 0 radical (unpaired) electrons. The summed E-state index contributed by atoms with van der Waals surface area (Å²) < 4.78 is 0. The third kappa shape index (κ3) is 2.21. The number of amides is 1. The molecule has 0 aromatic rings. The van der Waals surface area contributed by atoms with Gasteiger partial charge in [0.2, 0.25) is 5.91 Å². The summed E-state index contributed by atoms with van der Waals surface area (Å²) >= 11 is 0. The van der Waals surface area contributed by atoms with Crippen LogP contribution in [-0.4, -0.2) is 28.9 Å². The number of likely N-dealkylation sites (tertiary alicyclic amines) is 1. The van der Waals surface area contributed by atoms with E-state index >= 15 is 0 Å². The van der Waals surface area contributed by atoms with Gasteiger partial charge in [0, 0.05) is 12.6 Å². The fraction of sp³-hybridized carbons (Fsp3) is 0.917. The van der Waals surface area contributed by atoms with Crippen molar-refractivity contribution < 1.29 is 4.79 Å². The van der Waals surface area contributed by atoms with E-state index < -0.39 is 5.54 Å². The molecule has 0 spiro atoms. The molecule has 2 N–H and O–H groups in total. The van der Waals surface area contributed by atoms with Crippen LogP contribution in [0.5, 0.6) is 0 Å². The molecule has 16 heavy (non-hydrogen) atoms. The van der Waals surface area contributed by atoms with E-state index in [0.717, 1.165) is 38.6 Å². The number of halogens is 1. The summed E-state index contributed by atoms with van der Waals surface area (Å²) in [6.45, 7) is 5.27. The van der Waals surface area contributed by atoms with Crippen molar-refractivity contribution in [2.24, 2.45) is 11.7 Å². The van der Waals surface area contributed by atoms with Crippen molar-refractivity contribution in [3.63, 3.8) is 0 Å². The Morgan fingerprint density at radius 1 is 1.31 bits per heavy atom. The first-order valence-corrected chi connectivity index (χ1v) is 6.14. The van der Waals surface area contributed by atoms with Gasteiger partial charge in [-0.1, -0.05) is 19.8 Å². The van der Waals surface area contributed by atoms with Gasteiger partial charge in [0.05, 0.1) is 5.54 Å². The highest BCUT2D eigenvalue weighted by Gasteiger charge is 2.43. The Bertz CT molecular complexity index is 264. The molecule has 4 heteroatoms. The SMILES string of the molecule is CC1CCN(C(=O)C2(N)CCCC2)C1C.Cl. The average Bonchev–Trinajstić information content (AvgIpc) is 2.77. The number of hydrogen-bond acceptors (Lipinski definition) is 2. The lowest BCUT2D eigenvalue weighted by molar-refractivity contribution is -0.137. The molecule has 2 rings (SSSR count). The predicted molar refractivity (Wildman–Crippen MR) is 67.6 cm³/mol. The molecular formula is C12H23ClN2O. The van der Waals surface area contributed by atoms with E-state index in [9.17, 15) is 4.79 Å². The summed E-state index contributed by atoms with van der Waals surface area (Å²) in [5.74, 6) is 0.829. The first-order chi connectivity index (χ1) is 7.04. The molecule has 2 fully saturated rings. The number of carbonyl (C=O) groups excluding carboxylic acids is 1. The van der Waals surface area contributed by atoms with Crippen LogP contribution in [0.15, 0.2) is 0 Å². The van der Waals surface area contributed by atoms with Crippen LogP contribution in [0.4, 0.5) is 0 Å². The lowest BCUT2D eigenvalue weighted by atomic mass is 9.96. The number of hydrogen-bond donors (Lipinski definition) is 1. The Hall–Kier alpha value is -0.280. The molecule has 3 nitrogen and oxygen atoms in total. The first-order valence-electron chi connectivity index (χ1n) is 6.14. The fourth-order valence-corrected chi connectivity index (χ4v) is 2.89. The zero-order valence-electron chi connectivity index (χ0n) is 10.2. The quantitative estimate of drug-likeness (QED) is 0.769. The molecule has 0 aromatic heterocycles. The van der Waals surface area contributed by atoms with Crippen LogP contribution in [0.2, 0.25) is 0 Å². The fourth-order valence-electron chi connectivity index (χ4n) is 2.89. The molecule has 1 heterocycles. The Morgan fingerprint density at radius 3 is 2.31 bits per heavy atom. The van der Waals surface area contributed by atoms with Crippen LogP contribution in [0.25, 0.3) is 0 Å². The van der Waals surface area contributed by atoms with Crippen molar-refractivity contribution in [2.75, 3.05) is 6.54 Å². The number of nitrogens with two attached hydrogens (primary N) is 1. The number of carbonyl (C=O) groups is 1. The van der Waals surface area contributed by atoms with E-state index in [4.69, 9.17) is 5.73 Å². The van der Waals surface area contributed by atoms with Gasteiger partial charge < -0.3 is 10.6 Å². The maximum absolute atomic E-state index is 12.3. The maximum Gasteiger partial charge on any atom is 0.242 e. The van der Waals surface area contributed by atoms with Crippen LogP contribution in [0.1, 0.15) is 46.0 Å². The molecular weight excluding hydrogens is 224 g/mol. The molecule has 1 saturated heterocycles. The van der Waals surface area contributed by atoms with Crippen LogP contribution in [0, 0.1) is 5.92 Å². The molecule has 2 atom stereocenters. The van der Waals surface area contributed by atoms with Gasteiger partial charge in [-0.25, -0.2) is 0 Å². The van der Waals surface area contributed by atoms with Crippen LogP contribution in [-0.2, 0) is 4.79 Å². The Labute approximate surface area is 104 Å². The van der Waals surface area contributed by atoms with Gasteiger partial charge in [0.15, 0.2) is 0 Å². The molecule has 2 unspecified atom stereocenters. The van der Waals surface area contributed by atoms with Gasteiger partial charge in [0.1, 0.15) is 0 Å². The van der Waals surface area contributed by atoms with Crippen molar-refractivity contribution in [1.29, 1.82) is 0 Å². The minimum Gasteiger partial charge on any atom is -0.338 e. The van der Waals surface area contributed by atoms with E-state index in [1.807, 2.05) is 4.90 Å². The van der Waals surface area contributed by atoms with E-state index in [1.54, 1.807) is 0 Å². The van der Waals surface area contributed by atoms with Crippen molar-refractivity contribution >= 4 is 18.3 Å². The average molecular weight is 247 g/mol. The summed E-state index contributed by atoms with van der Waals surface area (Å²) in [5.41, 5.74) is 5.67. The highest BCUT2D eigenvalue weighted by molar-refractivity contribution is 5.87. The zero-order valence-corrected chi connectivity index (χ0v) is 11.1. The van der Waals surface area contributed by atoms with Gasteiger partial charge >= 0.3 is 0 Å². The number of nitrogens with zero attached hydrogens (tertiary/aromatic N) is 1. The second-order valence-corrected chi connectivity index (χ2v) is 5.37. The third-order valence-corrected chi connectivity index (χ3v) is 4.32. The maximum atomic E-state index is 12.3. The number of rotatable bonds is 1. The van der Waals surface area contributed by atoms with Crippen molar-refractivity contribution in [3.8, 4) is 0 Å². The molecule has 1 aliphatic carbocycles. The van der Waals surface area contributed by atoms with E-state index in [1.165, 1.54) is 0 Å². The minimum atomic E-state index is -0.529. The molecule has 94 valence electrons. The first kappa shape index (κ1) is 13.8. The second kappa shape index (κ2) is 4.92. The monoisotopic (exact) mass is 246 g/mol. The summed E-state index contributed by atoms with van der Waals surface area (Å²) in [6, 6.07) is 0.374. The smallest absolute Gasteiger partial charge is 0.242 e. The van der Waals surface area contributed by atoms with E-state index in [2.05, 4.69) is 13.8 Å². The highest BCUT2D eigenvalue weighted by atomic mass is 35.5. The van der Waals surface area contributed by atoms with Crippen LogP contribution in [0.3, 0.4) is 0 Å². The van der Waals surface area contributed by atoms with E-state index in [-0.39, 0.29) is 18.3 Å². The van der Waals surface area contributed by atoms with Gasteiger partial charge in [0.25, 0.3) is 0 Å². The Kier molecular flexibility index (Phi) is 4.24. The van der Waals surface area contributed by atoms with Gasteiger partial charge in [-0.3, -0.25) is 4.79 Å². The zero-order chi connectivity index (χ0) is 11.1. The lowest BCUT2D eigenvalue weighted by Gasteiger charge is -2.32. The lowest BCUT2D eigenvalue weighted by Crippen LogP contribution is -2.54. The highest BCUT2D eigenvalue weighted by Crippen LogP contribution is 2.32. The van der Waals surface area contributed by atoms with Crippen molar-refractivity contribution in [2.45, 2.75) is 57.5 Å². The summed E-state index contributed by atoms with van der Waals surface area (Å²) in [7, 11) is 0. The van der Waals surface area contributed by atoms with Crippen molar-refractivity contribution in [1.82, 2.24) is 4.90 Å². The topological polar surface area (TPSA) is 46.3 Å². The van der Waals surface area contributed by atoms with Crippen LogP contribution < -0.4 is 5.73 Å². The largest absolute Gasteiger partial charge is 0.338 e. The molecule has 2 aliphatic rings. The van der Waals surface area contributed by atoms with Crippen LogP contribution >= 0.6 is 12.4 Å². The van der Waals surface area contributed by atoms with Gasteiger partial charge in [-0.2, -0.15) is 0 Å². The summed E-state index contributed by atoms with van der Waals surface area (Å²) in [4.78, 5) is 14.3. The standard InChI is InChI=1S/C12H22N2O.ClH/c1-9-5-8-14(10(9)2)11(15)12(13)6-3-4-7-12;/h9-10H,3-8,13H2,1-2H3;1H. The van der Waals surface area contributed by atoms with E-state index in [0.29, 0.717) is 12.0 Å². The molecule has 0 aromatic carbocycles. The predicted octanol–water partition coefficient (Wildman–Crippen LogP) is 1.94. The van der Waals surface area contributed by atoms with Crippen molar-refractivity contribution in [3.05, 3.63) is 0 Å². The molecule has 1 aliphatic heterocycles. The molecule has 0 bridgehead atoms. The minimum absolute atomic E-state index is 0. The second-order valence-electron chi connectivity index (χ2n) is 5.37. The normalized spacial score (nSPS) is 32.6. The Morgan fingerprint density at radius 2 is 1.88 bits per heavy atom. The van der Waals surface area contributed by atoms with Gasteiger partial charge in [-0.15, -0.1) is 12.4 Å². The molecule has 1 saturated carbocycles. The molecule has 1 amide bonds. The van der Waals surface area contributed by atoms with Gasteiger partial charge in [-0.05, 0) is 32.1 Å². The summed E-state index contributed by atoms with van der Waals surface area (Å²) in [5, 5.41) is 0. The third-order valence-electron chi connectivity index (χ3n) is 4.32. The summed E-state index contributed by atoms with van der Waals surface area (Å²) in [6.07, 6.45) is 5.11.